The Balaban J connectivity index is 1.54. The van der Waals surface area contributed by atoms with Crippen LogP contribution in [0.25, 0.3) is 11.3 Å². The number of carbonyl (C=O) groups is 1. The molecular weight excluding hydrogens is 411 g/mol. The van der Waals surface area contributed by atoms with Gasteiger partial charge in [0.1, 0.15) is 22.8 Å². The van der Waals surface area contributed by atoms with E-state index in [2.05, 4.69) is 10.1 Å². The lowest BCUT2D eigenvalue weighted by Gasteiger charge is -2.36. The normalized spacial score (nSPS) is 14.7. The first-order chi connectivity index (χ1) is 14.7. The van der Waals surface area contributed by atoms with E-state index in [1.807, 2.05) is 12.1 Å². The molecule has 1 amide bonds. The van der Waals surface area contributed by atoms with Crippen molar-refractivity contribution in [3.05, 3.63) is 65.4 Å². The number of phenols is 1. The number of piperazine rings is 1. The molecule has 0 bridgehead atoms. The first kappa shape index (κ1) is 20.8. The number of carbonyl (C=O) groups excluding carboxylic acids is 1. The van der Waals surface area contributed by atoms with Gasteiger partial charge in [-0.2, -0.15) is 13.2 Å². The predicted molar refractivity (Wildman–Crippen MR) is 108 cm³/mol. The minimum Gasteiger partial charge on any atom is -0.508 e. The summed E-state index contributed by atoms with van der Waals surface area (Å²) < 4.78 is 44.5. The first-order valence-corrected chi connectivity index (χ1v) is 9.71. The molecule has 0 unspecified atom stereocenters. The lowest BCUT2D eigenvalue weighted by molar-refractivity contribution is -0.137. The fraction of sp³-hybridized carbons (Fsp3) is 0.273. The summed E-state index contributed by atoms with van der Waals surface area (Å²) in [5.41, 5.74) is 0.590. The number of hydrogen-bond donors (Lipinski definition) is 1. The number of benzene rings is 2. The number of halogens is 3. The smallest absolute Gasteiger partial charge is 0.416 e. The molecule has 1 aliphatic rings. The van der Waals surface area contributed by atoms with Gasteiger partial charge in [-0.25, -0.2) is 0 Å². The van der Waals surface area contributed by atoms with E-state index in [0.717, 1.165) is 17.8 Å². The predicted octanol–water partition coefficient (Wildman–Crippen LogP) is 4.34. The molecular formula is C22H20F3N3O3. The molecule has 1 aromatic heterocycles. The molecule has 162 valence electrons. The van der Waals surface area contributed by atoms with Gasteiger partial charge in [-0.3, -0.25) is 4.79 Å². The van der Waals surface area contributed by atoms with Crippen molar-refractivity contribution >= 4 is 11.6 Å². The van der Waals surface area contributed by atoms with Gasteiger partial charge in [-0.05, 0) is 43.3 Å². The molecule has 9 heteroatoms. The van der Waals surface area contributed by atoms with E-state index in [1.165, 1.54) is 12.1 Å². The van der Waals surface area contributed by atoms with Crippen molar-refractivity contribution < 1.29 is 27.6 Å². The summed E-state index contributed by atoms with van der Waals surface area (Å²) in [7, 11) is 0. The van der Waals surface area contributed by atoms with Crippen LogP contribution in [0.3, 0.4) is 0 Å². The van der Waals surface area contributed by atoms with Gasteiger partial charge in [0.05, 0.1) is 5.56 Å². The number of nitrogens with zero attached hydrogens (tertiary/aromatic N) is 3. The van der Waals surface area contributed by atoms with Crippen LogP contribution in [0.5, 0.6) is 5.75 Å². The number of rotatable bonds is 3. The number of phenolic OH excluding ortho intramolecular Hbond substituents is 1. The summed E-state index contributed by atoms with van der Waals surface area (Å²) in [6.07, 6.45) is -4.50. The third-order valence-corrected chi connectivity index (χ3v) is 5.32. The highest BCUT2D eigenvalue weighted by molar-refractivity contribution is 6.01. The Hall–Kier alpha value is -3.49. The van der Waals surface area contributed by atoms with Crippen molar-refractivity contribution in [2.24, 2.45) is 0 Å². The fourth-order valence-electron chi connectivity index (χ4n) is 3.65. The highest BCUT2D eigenvalue weighted by Gasteiger charge is 2.32. The Kier molecular flexibility index (Phi) is 5.34. The van der Waals surface area contributed by atoms with Crippen molar-refractivity contribution in [1.82, 2.24) is 10.1 Å². The average Bonchev–Trinajstić information content (AvgIpc) is 3.15. The number of amides is 1. The van der Waals surface area contributed by atoms with Crippen molar-refractivity contribution in [3.63, 3.8) is 0 Å². The summed E-state index contributed by atoms with van der Waals surface area (Å²) in [5.74, 6) is 0.123. The number of hydrogen-bond acceptors (Lipinski definition) is 5. The zero-order valence-electron chi connectivity index (χ0n) is 16.7. The van der Waals surface area contributed by atoms with Gasteiger partial charge < -0.3 is 19.4 Å². The van der Waals surface area contributed by atoms with E-state index in [0.29, 0.717) is 26.2 Å². The topological polar surface area (TPSA) is 69.8 Å². The van der Waals surface area contributed by atoms with Gasteiger partial charge in [0.15, 0.2) is 0 Å². The SMILES string of the molecule is Cc1onc(-c2cccc(C(F)(F)F)c2)c1C(=O)N1CCN(c2ccc(O)cc2)CC1. The second-order valence-corrected chi connectivity index (χ2v) is 7.34. The molecule has 1 saturated heterocycles. The minimum atomic E-state index is -4.50. The summed E-state index contributed by atoms with van der Waals surface area (Å²) >= 11 is 0. The first-order valence-electron chi connectivity index (χ1n) is 9.71. The van der Waals surface area contributed by atoms with Crippen LogP contribution in [0.4, 0.5) is 18.9 Å². The molecule has 1 fully saturated rings. The summed E-state index contributed by atoms with van der Waals surface area (Å²) in [4.78, 5) is 16.9. The highest BCUT2D eigenvalue weighted by Crippen LogP contribution is 2.34. The van der Waals surface area contributed by atoms with Crippen LogP contribution in [0, 0.1) is 6.92 Å². The minimum absolute atomic E-state index is 0.106. The van der Waals surface area contributed by atoms with Crippen molar-refractivity contribution in [2.45, 2.75) is 13.1 Å². The van der Waals surface area contributed by atoms with Crippen molar-refractivity contribution in [3.8, 4) is 17.0 Å². The van der Waals surface area contributed by atoms with Crippen LogP contribution in [-0.4, -0.2) is 47.2 Å². The number of aromatic hydroxyl groups is 1. The number of alkyl halides is 3. The number of aryl methyl sites for hydroxylation is 1. The second-order valence-electron chi connectivity index (χ2n) is 7.34. The average molecular weight is 431 g/mol. The fourth-order valence-corrected chi connectivity index (χ4v) is 3.65. The highest BCUT2D eigenvalue weighted by atomic mass is 19.4. The largest absolute Gasteiger partial charge is 0.508 e. The Morgan fingerprint density at radius 1 is 1.06 bits per heavy atom. The van der Waals surface area contributed by atoms with Crippen LogP contribution in [0.2, 0.25) is 0 Å². The van der Waals surface area contributed by atoms with Crippen molar-refractivity contribution in [1.29, 1.82) is 0 Å². The maximum atomic E-state index is 13.2. The maximum absolute atomic E-state index is 13.2. The van der Waals surface area contributed by atoms with Gasteiger partial charge in [-0.1, -0.05) is 17.3 Å². The zero-order chi connectivity index (χ0) is 22.2. The van der Waals surface area contributed by atoms with E-state index >= 15 is 0 Å². The number of anilines is 1. The Labute approximate surface area is 176 Å². The second kappa shape index (κ2) is 7.98. The summed E-state index contributed by atoms with van der Waals surface area (Å²) in [6.45, 7) is 3.61. The van der Waals surface area contributed by atoms with Gasteiger partial charge in [0.25, 0.3) is 5.91 Å². The monoisotopic (exact) mass is 431 g/mol. The summed E-state index contributed by atoms with van der Waals surface area (Å²) in [5, 5.41) is 13.3. The van der Waals surface area contributed by atoms with E-state index in [-0.39, 0.29) is 34.2 Å². The van der Waals surface area contributed by atoms with Gasteiger partial charge >= 0.3 is 6.18 Å². The Bertz CT molecular complexity index is 1090. The molecule has 0 saturated carbocycles. The lowest BCUT2D eigenvalue weighted by atomic mass is 10.0. The van der Waals surface area contributed by atoms with Crippen LogP contribution in [0.15, 0.2) is 53.1 Å². The zero-order valence-corrected chi connectivity index (χ0v) is 16.7. The Morgan fingerprint density at radius 2 is 1.74 bits per heavy atom. The van der Waals surface area contributed by atoms with E-state index in [9.17, 15) is 23.1 Å². The molecule has 1 N–H and O–H groups in total. The maximum Gasteiger partial charge on any atom is 0.416 e. The molecule has 3 aromatic rings. The molecule has 0 radical (unpaired) electrons. The molecule has 31 heavy (non-hydrogen) atoms. The molecule has 2 heterocycles. The Morgan fingerprint density at radius 3 is 2.39 bits per heavy atom. The van der Waals surface area contributed by atoms with Crippen LogP contribution >= 0.6 is 0 Å². The lowest BCUT2D eigenvalue weighted by Crippen LogP contribution is -2.49. The molecule has 6 nitrogen and oxygen atoms in total. The summed E-state index contributed by atoms with van der Waals surface area (Å²) in [6, 6.07) is 11.5. The van der Waals surface area contributed by atoms with Gasteiger partial charge in [-0.15, -0.1) is 0 Å². The van der Waals surface area contributed by atoms with Crippen LogP contribution in [0.1, 0.15) is 21.7 Å². The van der Waals surface area contributed by atoms with Crippen molar-refractivity contribution in [2.75, 3.05) is 31.1 Å². The molecule has 0 spiro atoms. The molecule has 4 rings (SSSR count). The standard InChI is InChI=1S/C22H20F3N3O3/c1-14-19(20(26-31-14)15-3-2-4-16(13-15)22(23,24)25)21(30)28-11-9-27(10-12-28)17-5-7-18(29)8-6-17/h2-8,13,29H,9-12H2,1H3. The van der Waals surface area contributed by atoms with E-state index in [1.54, 1.807) is 24.0 Å². The van der Waals surface area contributed by atoms with Crippen LogP contribution < -0.4 is 4.90 Å². The van der Waals surface area contributed by atoms with Gasteiger partial charge in [0.2, 0.25) is 0 Å². The van der Waals surface area contributed by atoms with E-state index < -0.39 is 11.7 Å². The molecule has 0 aliphatic carbocycles. The van der Waals surface area contributed by atoms with Crippen LogP contribution in [-0.2, 0) is 6.18 Å². The number of aromatic nitrogens is 1. The molecule has 1 aliphatic heterocycles. The quantitative estimate of drug-likeness (QED) is 0.668. The van der Waals surface area contributed by atoms with Gasteiger partial charge in [0, 0.05) is 37.4 Å². The third kappa shape index (κ3) is 4.21. The van der Waals surface area contributed by atoms with E-state index in [4.69, 9.17) is 4.52 Å². The molecule has 2 aromatic carbocycles. The molecule has 0 atom stereocenters. The third-order valence-electron chi connectivity index (χ3n) is 5.32.